The Balaban J connectivity index is 1.54. The van der Waals surface area contributed by atoms with Gasteiger partial charge in [-0.25, -0.2) is 0 Å². The number of halogens is 1. The highest BCUT2D eigenvalue weighted by molar-refractivity contribution is 9.10. The van der Waals surface area contributed by atoms with E-state index in [1.165, 1.54) is 16.6 Å². The van der Waals surface area contributed by atoms with Crippen LogP contribution in [0.2, 0.25) is 0 Å². The van der Waals surface area contributed by atoms with E-state index < -0.39 is 0 Å². The van der Waals surface area contributed by atoms with E-state index in [4.69, 9.17) is 4.74 Å². The zero-order chi connectivity index (χ0) is 18.1. The third-order valence-electron chi connectivity index (χ3n) is 4.78. The first-order chi connectivity index (χ1) is 12.7. The fourth-order valence-corrected chi connectivity index (χ4v) is 3.87. The number of para-hydroxylation sites is 1. The third-order valence-corrected chi connectivity index (χ3v) is 5.44. The molecular formula is C21H19BrN2O2. The molecule has 1 aliphatic heterocycles. The molecule has 4 nitrogen and oxygen atoms in total. The summed E-state index contributed by atoms with van der Waals surface area (Å²) in [4.78, 5) is 18.0. The summed E-state index contributed by atoms with van der Waals surface area (Å²) in [6.07, 6.45) is 4.33. The molecule has 2 heterocycles. The maximum absolute atomic E-state index is 12.6. The molecule has 0 fully saturated rings. The number of fused-ring (bicyclic) bond motifs is 3. The van der Waals surface area contributed by atoms with Crippen molar-refractivity contribution in [1.29, 1.82) is 0 Å². The molecule has 1 N–H and O–H groups in total. The molecular weight excluding hydrogens is 392 g/mol. The summed E-state index contributed by atoms with van der Waals surface area (Å²) in [6.45, 7) is 1.35. The van der Waals surface area contributed by atoms with Gasteiger partial charge >= 0.3 is 0 Å². The molecule has 0 unspecified atom stereocenters. The van der Waals surface area contributed by atoms with Crippen LogP contribution in [-0.4, -0.2) is 29.4 Å². The Bertz CT molecular complexity index is 1010. The largest absolute Gasteiger partial charge is 0.497 e. The number of benzene rings is 2. The van der Waals surface area contributed by atoms with Gasteiger partial charge in [-0.3, -0.25) is 4.79 Å². The number of carbonyl (C=O) groups is 1. The molecule has 0 aliphatic carbocycles. The van der Waals surface area contributed by atoms with Crippen LogP contribution in [0.25, 0.3) is 17.0 Å². The van der Waals surface area contributed by atoms with Gasteiger partial charge in [0.1, 0.15) is 5.75 Å². The van der Waals surface area contributed by atoms with Gasteiger partial charge in [0.05, 0.1) is 12.6 Å². The predicted molar refractivity (Wildman–Crippen MR) is 107 cm³/mol. The minimum Gasteiger partial charge on any atom is -0.497 e. The standard InChI is InChI=1S/C21H19BrN2O2/c1-26-15-5-2-4-14(12-15)8-9-20(25)24-11-10-19-17(13-24)16-6-3-7-18(22)21(16)23-19/h2-9,12,23H,10-11,13H2,1H3/b9-8+. The Morgan fingerprint density at radius 2 is 2.12 bits per heavy atom. The lowest BCUT2D eigenvalue weighted by atomic mass is 10.0. The van der Waals surface area contributed by atoms with E-state index in [-0.39, 0.29) is 5.91 Å². The number of H-pyrrole nitrogens is 1. The monoisotopic (exact) mass is 410 g/mol. The molecule has 1 amide bonds. The van der Waals surface area contributed by atoms with Crippen molar-refractivity contribution in [2.24, 2.45) is 0 Å². The van der Waals surface area contributed by atoms with E-state index in [0.29, 0.717) is 6.54 Å². The number of rotatable bonds is 3. The van der Waals surface area contributed by atoms with Gasteiger partial charge in [-0.1, -0.05) is 24.3 Å². The van der Waals surface area contributed by atoms with Crippen LogP contribution in [0.3, 0.4) is 0 Å². The number of aromatic amines is 1. The molecule has 3 aromatic rings. The third kappa shape index (κ3) is 3.15. The van der Waals surface area contributed by atoms with Crippen molar-refractivity contribution >= 4 is 38.8 Å². The molecule has 5 heteroatoms. The topological polar surface area (TPSA) is 45.3 Å². The average molecular weight is 411 g/mol. The molecule has 2 aromatic carbocycles. The number of methoxy groups -OCH3 is 1. The van der Waals surface area contributed by atoms with Gasteiger partial charge in [0.2, 0.25) is 5.91 Å². The highest BCUT2D eigenvalue weighted by Gasteiger charge is 2.23. The Kier molecular flexibility index (Phi) is 4.55. The molecule has 132 valence electrons. The van der Waals surface area contributed by atoms with Crippen molar-refractivity contribution < 1.29 is 9.53 Å². The quantitative estimate of drug-likeness (QED) is 0.644. The van der Waals surface area contributed by atoms with Gasteiger partial charge in [0, 0.05) is 46.7 Å². The number of hydrogen-bond donors (Lipinski definition) is 1. The first-order valence-corrected chi connectivity index (χ1v) is 9.34. The summed E-state index contributed by atoms with van der Waals surface area (Å²) < 4.78 is 6.28. The Hall–Kier alpha value is -2.53. The fraction of sp³-hybridized carbons (Fsp3) is 0.190. The van der Waals surface area contributed by atoms with Crippen molar-refractivity contribution in [3.63, 3.8) is 0 Å². The number of aromatic nitrogens is 1. The van der Waals surface area contributed by atoms with Crippen molar-refractivity contribution in [1.82, 2.24) is 9.88 Å². The predicted octanol–water partition coefficient (Wildman–Crippen LogP) is 4.54. The summed E-state index contributed by atoms with van der Waals surface area (Å²) in [6, 6.07) is 13.8. The lowest BCUT2D eigenvalue weighted by Gasteiger charge is -2.26. The molecule has 0 bridgehead atoms. The van der Waals surface area contributed by atoms with Gasteiger partial charge in [0.25, 0.3) is 0 Å². The summed E-state index contributed by atoms with van der Waals surface area (Å²) >= 11 is 3.60. The summed E-state index contributed by atoms with van der Waals surface area (Å²) in [5, 5.41) is 1.18. The van der Waals surface area contributed by atoms with E-state index in [1.807, 2.05) is 47.4 Å². The minimum absolute atomic E-state index is 0.0304. The van der Waals surface area contributed by atoms with E-state index in [0.717, 1.165) is 34.3 Å². The molecule has 0 atom stereocenters. The molecule has 1 aromatic heterocycles. The second-order valence-electron chi connectivity index (χ2n) is 6.36. The number of hydrogen-bond acceptors (Lipinski definition) is 2. The first kappa shape index (κ1) is 16.9. The summed E-state index contributed by atoms with van der Waals surface area (Å²) in [7, 11) is 1.64. The van der Waals surface area contributed by atoms with Crippen LogP contribution in [0.1, 0.15) is 16.8 Å². The minimum atomic E-state index is 0.0304. The highest BCUT2D eigenvalue weighted by atomic mass is 79.9. The molecule has 0 radical (unpaired) electrons. The van der Waals surface area contributed by atoms with Gasteiger partial charge in [-0.2, -0.15) is 0 Å². The Morgan fingerprint density at radius 1 is 1.27 bits per heavy atom. The van der Waals surface area contributed by atoms with Crippen molar-refractivity contribution in [3.05, 3.63) is 69.8 Å². The molecule has 0 saturated heterocycles. The zero-order valence-electron chi connectivity index (χ0n) is 14.5. The zero-order valence-corrected chi connectivity index (χ0v) is 16.0. The number of ether oxygens (including phenoxy) is 1. The van der Waals surface area contributed by atoms with Crippen LogP contribution in [0.4, 0.5) is 0 Å². The van der Waals surface area contributed by atoms with Crippen molar-refractivity contribution in [3.8, 4) is 5.75 Å². The van der Waals surface area contributed by atoms with Crippen molar-refractivity contribution in [2.75, 3.05) is 13.7 Å². The molecule has 0 spiro atoms. The summed E-state index contributed by atoms with van der Waals surface area (Å²) in [5.74, 6) is 0.814. The lowest BCUT2D eigenvalue weighted by molar-refractivity contribution is -0.126. The van der Waals surface area contributed by atoms with E-state index in [1.54, 1.807) is 13.2 Å². The van der Waals surface area contributed by atoms with Crippen LogP contribution in [0, 0.1) is 0 Å². The lowest BCUT2D eigenvalue weighted by Crippen LogP contribution is -2.34. The fourth-order valence-electron chi connectivity index (χ4n) is 3.41. The van der Waals surface area contributed by atoms with Crippen LogP contribution < -0.4 is 4.74 Å². The van der Waals surface area contributed by atoms with Gasteiger partial charge in [0.15, 0.2) is 0 Å². The van der Waals surface area contributed by atoms with Crippen LogP contribution >= 0.6 is 15.9 Å². The normalized spacial score (nSPS) is 14.0. The number of carbonyl (C=O) groups excluding carboxylic acids is 1. The number of nitrogens with zero attached hydrogens (tertiary/aromatic N) is 1. The molecule has 1 aliphatic rings. The van der Waals surface area contributed by atoms with Crippen LogP contribution in [-0.2, 0) is 17.8 Å². The Morgan fingerprint density at radius 3 is 2.96 bits per heavy atom. The molecule has 26 heavy (non-hydrogen) atoms. The van der Waals surface area contributed by atoms with Gasteiger partial charge < -0.3 is 14.6 Å². The van der Waals surface area contributed by atoms with Gasteiger partial charge in [-0.15, -0.1) is 0 Å². The van der Waals surface area contributed by atoms with E-state index in [9.17, 15) is 4.79 Å². The summed E-state index contributed by atoms with van der Waals surface area (Å²) in [5.41, 5.74) is 4.51. The highest BCUT2D eigenvalue weighted by Crippen LogP contribution is 2.31. The second kappa shape index (κ2) is 7.00. The Labute approximate surface area is 160 Å². The van der Waals surface area contributed by atoms with Crippen molar-refractivity contribution in [2.45, 2.75) is 13.0 Å². The average Bonchev–Trinajstić information content (AvgIpc) is 3.05. The smallest absolute Gasteiger partial charge is 0.246 e. The second-order valence-corrected chi connectivity index (χ2v) is 7.22. The van der Waals surface area contributed by atoms with E-state index in [2.05, 4.69) is 27.0 Å². The molecule has 0 saturated carbocycles. The maximum atomic E-state index is 12.6. The van der Waals surface area contributed by atoms with E-state index >= 15 is 0 Å². The van der Waals surface area contributed by atoms with Crippen LogP contribution in [0.15, 0.2) is 53.0 Å². The SMILES string of the molecule is COc1cccc(/C=C/C(=O)N2CCc3[nH]c4c(Br)cccc4c3C2)c1. The molecule has 4 rings (SSSR count). The maximum Gasteiger partial charge on any atom is 0.246 e. The van der Waals surface area contributed by atoms with Crippen LogP contribution in [0.5, 0.6) is 5.75 Å². The van der Waals surface area contributed by atoms with Gasteiger partial charge in [-0.05, 0) is 45.8 Å². The number of nitrogens with one attached hydrogen (secondary N) is 1. The number of amides is 1. The first-order valence-electron chi connectivity index (χ1n) is 8.54.